The van der Waals surface area contributed by atoms with E-state index in [1.165, 1.54) is 0 Å². The molecule has 0 aliphatic carbocycles. The number of rotatable bonds is 7. The van der Waals surface area contributed by atoms with E-state index in [2.05, 4.69) is 10.2 Å². The van der Waals surface area contributed by atoms with Gasteiger partial charge in [-0.05, 0) is 24.6 Å². The Hall–Kier alpha value is -1.04. The molecule has 1 aromatic carbocycles. The summed E-state index contributed by atoms with van der Waals surface area (Å²) in [6.45, 7) is 6.89. The van der Waals surface area contributed by atoms with Crippen LogP contribution in [-0.2, 0) is 9.53 Å². The van der Waals surface area contributed by atoms with Crippen LogP contribution in [0.15, 0.2) is 24.3 Å². The van der Waals surface area contributed by atoms with Crippen LogP contribution in [0.2, 0.25) is 0 Å². The summed E-state index contributed by atoms with van der Waals surface area (Å²) in [5, 5.41) is 2.94. The maximum absolute atomic E-state index is 11.8. The standard InChI is InChI=1S/C16H24N2O2S/c1-14-3-2-4-15(13-14)17-16(19)5-11-21-12-8-18-6-9-20-10-7-18/h2-4,13H,5-12H2,1H3,(H,17,19). The number of ether oxygens (including phenoxy) is 1. The molecule has 4 nitrogen and oxygen atoms in total. The Morgan fingerprint density at radius 1 is 1.33 bits per heavy atom. The van der Waals surface area contributed by atoms with Gasteiger partial charge in [-0.2, -0.15) is 11.8 Å². The van der Waals surface area contributed by atoms with Gasteiger partial charge in [-0.1, -0.05) is 12.1 Å². The average molecular weight is 308 g/mol. The van der Waals surface area contributed by atoms with Crippen LogP contribution in [0.5, 0.6) is 0 Å². The van der Waals surface area contributed by atoms with Crippen LogP contribution in [0.25, 0.3) is 0 Å². The van der Waals surface area contributed by atoms with Crippen LogP contribution in [0, 0.1) is 6.92 Å². The van der Waals surface area contributed by atoms with Gasteiger partial charge in [0.25, 0.3) is 0 Å². The second-order valence-corrected chi connectivity index (χ2v) is 6.46. The Labute approximate surface area is 131 Å². The minimum absolute atomic E-state index is 0.0967. The van der Waals surface area contributed by atoms with E-state index in [1.807, 2.05) is 43.0 Å². The molecule has 1 aromatic rings. The van der Waals surface area contributed by atoms with Crippen LogP contribution < -0.4 is 5.32 Å². The van der Waals surface area contributed by atoms with Gasteiger partial charge in [-0.25, -0.2) is 0 Å². The third-order valence-electron chi connectivity index (χ3n) is 3.43. The largest absolute Gasteiger partial charge is 0.379 e. The van der Waals surface area contributed by atoms with Gasteiger partial charge in [0.05, 0.1) is 13.2 Å². The van der Waals surface area contributed by atoms with Crippen molar-refractivity contribution in [2.24, 2.45) is 0 Å². The van der Waals surface area contributed by atoms with Crippen molar-refractivity contribution >= 4 is 23.4 Å². The number of thioether (sulfide) groups is 1. The number of aryl methyl sites for hydroxylation is 1. The van der Waals surface area contributed by atoms with Gasteiger partial charge in [0.15, 0.2) is 0 Å². The normalized spacial score (nSPS) is 15.9. The fourth-order valence-electron chi connectivity index (χ4n) is 2.23. The van der Waals surface area contributed by atoms with Crippen LogP contribution >= 0.6 is 11.8 Å². The van der Waals surface area contributed by atoms with Crippen LogP contribution in [-0.4, -0.2) is 55.2 Å². The third kappa shape index (κ3) is 6.50. The van der Waals surface area contributed by atoms with Crippen molar-refractivity contribution in [1.82, 2.24) is 4.90 Å². The zero-order valence-electron chi connectivity index (χ0n) is 12.6. The molecule has 0 atom stereocenters. The topological polar surface area (TPSA) is 41.6 Å². The fraction of sp³-hybridized carbons (Fsp3) is 0.562. The monoisotopic (exact) mass is 308 g/mol. The van der Waals surface area contributed by atoms with Gasteiger partial charge in [-0.3, -0.25) is 9.69 Å². The zero-order chi connectivity index (χ0) is 14.9. The first kappa shape index (κ1) is 16.3. The minimum atomic E-state index is 0.0967. The van der Waals surface area contributed by atoms with Crippen molar-refractivity contribution in [3.63, 3.8) is 0 Å². The van der Waals surface area contributed by atoms with Crippen molar-refractivity contribution in [3.8, 4) is 0 Å². The summed E-state index contributed by atoms with van der Waals surface area (Å²) in [6, 6.07) is 7.90. The number of benzene rings is 1. The smallest absolute Gasteiger partial charge is 0.225 e. The summed E-state index contributed by atoms with van der Waals surface area (Å²) in [6.07, 6.45) is 0.571. The van der Waals surface area contributed by atoms with E-state index in [9.17, 15) is 4.79 Å². The van der Waals surface area contributed by atoms with E-state index >= 15 is 0 Å². The highest BCUT2D eigenvalue weighted by molar-refractivity contribution is 7.99. The summed E-state index contributed by atoms with van der Waals surface area (Å²) in [7, 11) is 0. The van der Waals surface area contributed by atoms with Gasteiger partial charge in [-0.15, -0.1) is 0 Å². The van der Waals surface area contributed by atoms with E-state index in [0.717, 1.165) is 55.6 Å². The molecule has 1 fully saturated rings. The van der Waals surface area contributed by atoms with E-state index in [-0.39, 0.29) is 5.91 Å². The second-order valence-electron chi connectivity index (χ2n) is 5.23. The number of amides is 1. The Balaban J connectivity index is 1.54. The predicted octanol–water partition coefficient (Wildman–Crippen LogP) is 2.39. The number of hydrogen-bond acceptors (Lipinski definition) is 4. The highest BCUT2D eigenvalue weighted by atomic mass is 32.2. The van der Waals surface area contributed by atoms with E-state index in [0.29, 0.717) is 6.42 Å². The molecule has 1 aliphatic rings. The first-order chi connectivity index (χ1) is 10.2. The Bertz CT molecular complexity index is 448. The van der Waals surface area contributed by atoms with Crippen molar-refractivity contribution in [2.75, 3.05) is 49.7 Å². The SMILES string of the molecule is Cc1cccc(NC(=O)CCSCCN2CCOCC2)c1. The quantitative estimate of drug-likeness (QED) is 0.785. The molecule has 21 heavy (non-hydrogen) atoms. The Morgan fingerprint density at radius 3 is 2.90 bits per heavy atom. The van der Waals surface area contributed by atoms with Crippen molar-refractivity contribution in [1.29, 1.82) is 0 Å². The lowest BCUT2D eigenvalue weighted by atomic mass is 10.2. The molecule has 1 N–H and O–H groups in total. The number of morpholine rings is 1. The Kier molecular flexibility index (Phi) is 7.06. The number of hydrogen-bond donors (Lipinski definition) is 1. The van der Waals surface area contributed by atoms with E-state index < -0.39 is 0 Å². The number of anilines is 1. The molecule has 0 saturated carbocycles. The number of carbonyl (C=O) groups is 1. The van der Waals surface area contributed by atoms with Gasteiger partial charge in [0, 0.05) is 43.2 Å². The van der Waals surface area contributed by atoms with Crippen LogP contribution in [0.4, 0.5) is 5.69 Å². The second kappa shape index (κ2) is 9.07. The van der Waals surface area contributed by atoms with Gasteiger partial charge in [0.1, 0.15) is 0 Å². The van der Waals surface area contributed by atoms with Gasteiger partial charge in [0.2, 0.25) is 5.91 Å². The van der Waals surface area contributed by atoms with Crippen LogP contribution in [0.3, 0.4) is 0 Å². The molecule has 0 spiro atoms. The molecular formula is C16H24N2O2S. The van der Waals surface area contributed by atoms with Crippen molar-refractivity contribution in [3.05, 3.63) is 29.8 Å². The third-order valence-corrected chi connectivity index (χ3v) is 4.39. The molecule has 1 heterocycles. The molecule has 0 bridgehead atoms. The Morgan fingerprint density at radius 2 is 2.14 bits per heavy atom. The number of carbonyl (C=O) groups excluding carboxylic acids is 1. The summed E-state index contributed by atoms with van der Waals surface area (Å²) >= 11 is 1.85. The summed E-state index contributed by atoms with van der Waals surface area (Å²) in [5.41, 5.74) is 2.05. The first-order valence-corrected chi connectivity index (χ1v) is 8.64. The van der Waals surface area contributed by atoms with Crippen LogP contribution in [0.1, 0.15) is 12.0 Å². The number of nitrogens with zero attached hydrogens (tertiary/aromatic N) is 1. The van der Waals surface area contributed by atoms with Gasteiger partial charge >= 0.3 is 0 Å². The molecule has 1 saturated heterocycles. The molecule has 0 unspecified atom stereocenters. The van der Waals surface area contributed by atoms with Crippen molar-refractivity contribution in [2.45, 2.75) is 13.3 Å². The van der Waals surface area contributed by atoms with Crippen molar-refractivity contribution < 1.29 is 9.53 Å². The summed E-state index contributed by atoms with van der Waals surface area (Å²) in [5.74, 6) is 2.05. The molecule has 5 heteroatoms. The average Bonchev–Trinajstić information content (AvgIpc) is 2.48. The highest BCUT2D eigenvalue weighted by Crippen LogP contribution is 2.11. The predicted molar refractivity (Wildman–Crippen MR) is 89.0 cm³/mol. The molecule has 2 rings (SSSR count). The first-order valence-electron chi connectivity index (χ1n) is 7.48. The molecule has 0 radical (unpaired) electrons. The maximum atomic E-state index is 11.8. The molecule has 1 aliphatic heterocycles. The maximum Gasteiger partial charge on any atom is 0.225 e. The zero-order valence-corrected chi connectivity index (χ0v) is 13.5. The van der Waals surface area contributed by atoms with E-state index in [4.69, 9.17) is 4.74 Å². The molecular weight excluding hydrogens is 284 g/mol. The van der Waals surface area contributed by atoms with E-state index in [1.54, 1.807) is 0 Å². The summed E-state index contributed by atoms with van der Waals surface area (Å²) < 4.78 is 5.32. The molecule has 0 aromatic heterocycles. The molecule has 1 amide bonds. The fourth-order valence-corrected chi connectivity index (χ4v) is 3.15. The van der Waals surface area contributed by atoms with Gasteiger partial charge < -0.3 is 10.1 Å². The highest BCUT2D eigenvalue weighted by Gasteiger charge is 2.09. The lowest BCUT2D eigenvalue weighted by molar-refractivity contribution is -0.115. The molecule has 116 valence electrons. The lowest BCUT2D eigenvalue weighted by Gasteiger charge is -2.26. The lowest BCUT2D eigenvalue weighted by Crippen LogP contribution is -2.37. The summed E-state index contributed by atoms with van der Waals surface area (Å²) in [4.78, 5) is 14.3. The number of nitrogens with one attached hydrogen (secondary N) is 1. The minimum Gasteiger partial charge on any atom is -0.379 e.